The molecule has 0 bridgehead atoms. The fraction of sp³-hybridized carbons (Fsp3) is 0.929. The smallest absolute Gasteiger partial charge is 0.216 e. The number of carbonyl (C=O) groups is 1. The number of nitrogens with one attached hydrogen (secondary N) is 2. The molecule has 1 spiro atoms. The molecule has 18 heavy (non-hydrogen) atoms. The molecule has 2 unspecified atom stereocenters. The van der Waals surface area contributed by atoms with Gasteiger partial charge in [0.1, 0.15) is 0 Å². The monoisotopic (exact) mass is 254 g/mol. The Labute approximate surface area is 110 Å². The van der Waals surface area contributed by atoms with E-state index in [1.807, 2.05) is 0 Å². The molecule has 0 aromatic heterocycles. The minimum Gasteiger partial charge on any atom is -0.378 e. The molecule has 0 aromatic carbocycles. The van der Waals surface area contributed by atoms with Gasteiger partial charge < -0.3 is 15.4 Å². The Morgan fingerprint density at radius 3 is 2.67 bits per heavy atom. The van der Waals surface area contributed by atoms with Gasteiger partial charge in [0.2, 0.25) is 5.91 Å². The Hall–Kier alpha value is -0.610. The molecular formula is C14H26N2O2. The van der Waals surface area contributed by atoms with Gasteiger partial charge in [-0.25, -0.2) is 0 Å². The summed E-state index contributed by atoms with van der Waals surface area (Å²) in [4.78, 5) is 10.8. The summed E-state index contributed by atoms with van der Waals surface area (Å²) in [6.07, 6.45) is 6.88. The van der Waals surface area contributed by atoms with Gasteiger partial charge in [0.15, 0.2) is 0 Å². The third-order valence-corrected chi connectivity index (χ3v) is 4.58. The normalized spacial score (nSPS) is 29.2. The van der Waals surface area contributed by atoms with Crippen LogP contribution in [0.2, 0.25) is 0 Å². The molecule has 0 aliphatic heterocycles. The van der Waals surface area contributed by atoms with Crippen molar-refractivity contribution in [1.29, 1.82) is 0 Å². The summed E-state index contributed by atoms with van der Waals surface area (Å²) in [7, 11) is 0. The second-order valence-corrected chi connectivity index (χ2v) is 5.61. The highest BCUT2D eigenvalue weighted by Crippen LogP contribution is 2.54. The quantitative estimate of drug-likeness (QED) is 0.705. The van der Waals surface area contributed by atoms with E-state index in [1.165, 1.54) is 25.7 Å². The van der Waals surface area contributed by atoms with Crippen LogP contribution in [0.3, 0.4) is 0 Å². The van der Waals surface area contributed by atoms with Crippen LogP contribution in [0, 0.1) is 5.41 Å². The minimum atomic E-state index is 0.0492. The van der Waals surface area contributed by atoms with Gasteiger partial charge in [0.25, 0.3) is 0 Å². The van der Waals surface area contributed by atoms with Crippen LogP contribution in [-0.4, -0.2) is 37.7 Å². The Morgan fingerprint density at radius 2 is 2.06 bits per heavy atom. The standard InChI is InChI=1S/C14H26N2O2/c1-3-18-13-10-12(14(13)6-4-5-7-14)16-9-8-15-11(2)17/h12-13,16H,3-10H2,1-2H3,(H,15,17). The number of ether oxygens (including phenoxy) is 1. The lowest BCUT2D eigenvalue weighted by atomic mass is 9.60. The molecule has 2 atom stereocenters. The Bertz CT molecular complexity index is 288. The molecule has 104 valence electrons. The molecule has 4 heteroatoms. The van der Waals surface area contributed by atoms with Gasteiger partial charge in [-0.05, 0) is 26.2 Å². The van der Waals surface area contributed by atoms with Crippen molar-refractivity contribution in [3.05, 3.63) is 0 Å². The van der Waals surface area contributed by atoms with Crippen molar-refractivity contribution in [2.45, 2.75) is 58.1 Å². The number of rotatable bonds is 6. The van der Waals surface area contributed by atoms with Gasteiger partial charge >= 0.3 is 0 Å². The SMILES string of the molecule is CCOC1CC(NCCNC(C)=O)C12CCCC2. The lowest BCUT2D eigenvalue weighted by molar-refractivity contribution is -0.130. The third-order valence-electron chi connectivity index (χ3n) is 4.58. The molecule has 2 N–H and O–H groups in total. The molecule has 0 radical (unpaired) electrons. The molecule has 0 heterocycles. The average molecular weight is 254 g/mol. The molecule has 0 saturated heterocycles. The van der Waals surface area contributed by atoms with Crippen LogP contribution in [0.4, 0.5) is 0 Å². The molecular weight excluding hydrogens is 228 g/mol. The highest BCUT2D eigenvalue weighted by Gasteiger charge is 2.56. The van der Waals surface area contributed by atoms with E-state index in [0.29, 0.717) is 17.6 Å². The van der Waals surface area contributed by atoms with Crippen LogP contribution < -0.4 is 10.6 Å². The summed E-state index contributed by atoms with van der Waals surface area (Å²) < 4.78 is 5.88. The van der Waals surface area contributed by atoms with Crippen molar-refractivity contribution >= 4 is 5.91 Å². The number of hydrogen-bond acceptors (Lipinski definition) is 3. The summed E-state index contributed by atoms with van der Waals surface area (Å²) in [5.74, 6) is 0.0492. The van der Waals surface area contributed by atoms with Crippen LogP contribution in [0.1, 0.15) is 46.0 Å². The fourth-order valence-electron chi connectivity index (χ4n) is 3.66. The highest BCUT2D eigenvalue weighted by molar-refractivity contribution is 5.72. The first-order chi connectivity index (χ1) is 8.69. The van der Waals surface area contributed by atoms with Crippen LogP contribution in [0.15, 0.2) is 0 Å². The fourth-order valence-corrected chi connectivity index (χ4v) is 3.66. The van der Waals surface area contributed by atoms with E-state index in [-0.39, 0.29) is 5.91 Å². The molecule has 2 aliphatic rings. The van der Waals surface area contributed by atoms with Gasteiger partial charge in [-0.3, -0.25) is 4.79 Å². The average Bonchev–Trinajstić information content (AvgIpc) is 2.83. The summed E-state index contributed by atoms with van der Waals surface area (Å²) in [5, 5.41) is 6.43. The van der Waals surface area contributed by atoms with Crippen LogP contribution >= 0.6 is 0 Å². The Morgan fingerprint density at radius 1 is 1.33 bits per heavy atom. The summed E-state index contributed by atoms with van der Waals surface area (Å²) in [6.45, 7) is 6.06. The van der Waals surface area contributed by atoms with E-state index in [4.69, 9.17) is 4.74 Å². The number of amides is 1. The van der Waals surface area contributed by atoms with Gasteiger partial charge in [-0.1, -0.05) is 12.8 Å². The second kappa shape index (κ2) is 6.02. The molecule has 2 rings (SSSR count). The Balaban J connectivity index is 1.77. The van der Waals surface area contributed by atoms with Gasteiger partial charge in [-0.15, -0.1) is 0 Å². The van der Waals surface area contributed by atoms with Crippen LogP contribution in [0.5, 0.6) is 0 Å². The van der Waals surface area contributed by atoms with Crippen LogP contribution in [-0.2, 0) is 9.53 Å². The lowest BCUT2D eigenvalue weighted by Gasteiger charge is -2.54. The third kappa shape index (κ3) is 2.69. The summed E-state index contributed by atoms with van der Waals surface area (Å²) in [5.41, 5.74) is 0.395. The first kappa shape index (κ1) is 13.8. The summed E-state index contributed by atoms with van der Waals surface area (Å²) in [6, 6.07) is 0.588. The maximum absolute atomic E-state index is 10.8. The highest BCUT2D eigenvalue weighted by atomic mass is 16.5. The van der Waals surface area contributed by atoms with Gasteiger partial charge in [0.05, 0.1) is 6.10 Å². The maximum Gasteiger partial charge on any atom is 0.216 e. The predicted molar refractivity (Wildman–Crippen MR) is 71.4 cm³/mol. The van der Waals surface area contributed by atoms with E-state index in [1.54, 1.807) is 6.92 Å². The van der Waals surface area contributed by atoms with Crippen molar-refractivity contribution in [2.75, 3.05) is 19.7 Å². The molecule has 2 saturated carbocycles. The second-order valence-electron chi connectivity index (χ2n) is 5.61. The molecule has 2 aliphatic carbocycles. The first-order valence-electron chi connectivity index (χ1n) is 7.28. The maximum atomic E-state index is 10.8. The molecule has 1 amide bonds. The predicted octanol–water partition coefficient (Wildman–Crippen LogP) is 1.45. The molecule has 4 nitrogen and oxygen atoms in total. The van der Waals surface area contributed by atoms with E-state index >= 15 is 0 Å². The largest absolute Gasteiger partial charge is 0.378 e. The van der Waals surface area contributed by atoms with E-state index < -0.39 is 0 Å². The molecule has 2 fully saturated rings. The van der Waals surface area contributed by atoms with E-state index in [9.17, 15) is 4.79 Å². The zero-order chi connectivity index (χ0) is 13.0. The van der Waals surface area contributed by atoms with Crippen LogP contribution in [0.25, 0.3) is 0 Å². The minimum absolute atomic E-state index is 0.0492. The number of carbonyl (C=O) groups excluding carboxylic acids is 1. The number of hydrogen-bond donors (Lipinski definition) is 2. The van der Waals surface area contributed by atoms with Crippen molar-refractivity contribution in [3.63, 3.8) is 0 Å². The Kier molecular flexibility index (Phi) is 4.62. The van der Waals surface area contributed by atoms with Crippen molar-refractivity contribution in [1.82, 2.24) is 10.6 Å². The first-order valence-corrected chi connectivity index (χ1v) is 7.28. The lowest BCUT2D eigenvalue weighted by Crippen LogP contribution is -2.63. The topological polar surface area (TPSA) is 50.4 Å². The van der Waals surface area contributed by atoms with Crippen molar-refractivity contribution in [3.8, 4) is 0 Å². The zero-order valence-electron chi connectivity index (χ0n) is 11.6. The van der Waals surface area contributed by atoms with Crippen molar-refractivity contribution < 1.29 is 9.53 Å². The summed E-state index contributed by atoms with van der Waals surface area (Å²) >= 11 is 0. The van der Waals surface area contributed by atoms with E-state index in [0.717, 1.165) is 26.1 Å². The van der Waals surface area contributed by atoms with E-state index in [2.05, 4.69) is 17.6 Å². The molecule has 0 aromatic rings. The zero-order valence-corrected chi connectivity index (χ0v) is 11.6. The van der Waals surface area contributed by atoms with Gasteiger partial charge in [-0.2, -0.15) is 0 Å². The van der Waals surface area contributed by atoms with Crippen molar-refractivity contribution in [2.24, 2.45) is 5.41 Å². The van der Waals surface area contributed by atoms with Gasteiger partial charge in [0, 0.05) is 38.1 Å².